The summed E-state index contributed by atoms with van der Waals surface area (Å²) in [6.45, 7) is 2.99. The summed E-state index contributed by atoms with van der Waals surface area (Å²) in [4.78, 5) is 26.4. The highest BCUT2D eigenvalue weighted by Gasteiger charge is 2.31. The summed E-state index contributed by atoms with van der Waals surface area (Å²) >= 11 is 6.60. The number of amides is 1. The van der Waals surface area contributed by atoms with Crippen LogP contribution < -0.4 is 4.74 Å². The molecule has 0 saturated carbocycles. The molecular weight excluding hydrogens is 382 g/mol. The van der Waals surface area contributed by atoms with Gasteiger partial charge in [-0.15, -0.1) is 0 Å². The fourth-order valence-corrected chi connectivity index (χ4v) is 3.88. The molecule has 0 aromatic heterocycles. The van der Waals surface area contributed by atoms with E-state index in [9.17, 15) is 9.59 Å². The van der Waals surface area contributed by atoms with Crippen LogP contribution in [0.5, 0.6) is 5.75 Å². The summed E-state index contributed by atoms with van der Waals surface area (Å²) in [5, 5.41) is 0. The van der Waals surface area contributed by atoms with E-state index < -0.39 is 0 Å². The first kappa shape index (κ1) is 21.4. The number of rotatable bonds is 10. The Balaban J connectivity index is 1.85. The Morgan fingerprint density at radius 1 is 1.30 bits per heavy atom. The third kappa shape index (κ3) is 6.66. The summed E-state index contributed by atoms with van der Waals surface area (Å²) < 4.78 is 10.9. The van der Waals surface area contributed by atoms with Crippen LogP contribution in [-0.2, 0) is 14.3 Å². The minimum Gasteiger partial charge on any atom is -0.497 e. The van der Waals surface area contributed by atoms with E-state index in [1.165, 1.54) is 11.8 Å². The maximum atomic E-state index is 12.6. The molecule has 0 bridgehead atoms. The zero-order valence-corrected chi connectivity index (χ0v) is 17.4. The van der Waals surface area contributed by atoms with Crippen molar-refractivity contribution in [2.24, 2.45) is 0 Å². The number of ether oxygens (including phenoxy) is 2. The van der Waals surface area contributed by atoms with Crippen molar-refractivity contribution in [3.05, 3.63) is 34.7 Å². The van der Waals surface area contributed by atoms with Crippen LogP contribution in [0.4, 0.5) is 0 Å². The molecule has 1 heterocycles. The van der Waals surface area contributed by atoms with E-state index in [0.717, 1.165) is 30.6 Å². The molecule has 1 aliphatic heterocycles. The molecule has 1 aromatic carbocycles. The molecule has 5 nitrogen and oxygen atoms in total. The average molecular weight is 408 g/mol. The summed E-state index contributed by atoms with van der Waals surface area (Å²) in [6.07, 6.45) is 5.68. The first-order valence-corrected chi connectivity index (χ1v) is 10.3. The maximum Gasteiger partial charge on any atom is 0.305 e. The van der Waals surface area contributed by atoms with E-state index in [2.05, 4.69) is 6.92 Å². The fourth-order valence-electron chi connectivity index (χ4n) is 2.57. The van der Waals surface area contributed by atoms with Gasteiger partial charge in [0.1, 0.15) is 10.1 Å². The van der Waals surface area contributed by atoms with Crippen molar-refractivity contribution in [3.8, 4) is 5.75 Å². The predicted molar refractivity (Wildman–Crippen MR) is 113 cm³/mol. The van der Waals surface area contributed by atoms with Gasteiger partial charge in [0, 0.05) is 13.0 Å². The Labute approximate surface area is 170 Å². The minimum absolute atomic E-state index is 0.121. The summed E-state index contributed by atoms with van der Waals surface area (Å²) in [6, 6.07) is 7.49. The highest BCUT2D eigenvalue weighted by Crippen LogP contribution is 2.33. The molecule has 1 saturated heterocycles. The maximum absolute atomic E-state index is 12.6. The number of hydrogen-bond acceptors (Lipinski definition) is 6. The summed E-state index contributed by atoms with van der Waals surface area (Å²) in [5.74, 6) is 0.393. The van der Waals surface area contributed by atoms with Gasteiger partial charge in [-0.2, -0.15) is 0 Å². The van der Waals surface area contributed by atoms with Crippen LogP contribution in [0.2, 0.25) is 0 Å². The van der Waals surface area contributed by atoms with E-state index in [-0.39, 0.29) is 18.3 Å². The minimum atomic E-state index is -0.219. The Morgan fingerprint density at radius 2 is 2.11 bits per heavy atom. The number of esters is 1. The van der Waals surface area contributed by atoms with E-state index >= 15 is 0 Å². The van der Waals surface area contributed by atoms with E-state index in [1.54, 1.807) is 12.0 Å². The van der Waals surface area contributed by atoms with Crippen molar-refractivity contribution in [2.75, 3.05) is 20.3 Å². The highest BCUT2D eigenvalue weighted by atomic mass is 32.2. The average Bonchev–Trinajstić information content (AvgIpc) is 2.92. The van der Waals surface area contributed by atoms with Gasteiger partial charge < -0.3 is 9.47 Å². The first-order valence-electron chi connectivity index (χ1n) is 9.10. The smallest absolute Gasteiger partial charge is 0.305 e. The van der Waals surface area contributed by atoms with Gasteiger partial charge in [0.25, 0.3) is 5.91 Å². The van der Waals surface area contributed by atoms with Crippen LogP contribution in [0.25, 0.3) is 6.08 Å². The second-order valence-corrected chi connectivity index (χ2v) is 7.82. The van der Waals surface area contributed by atoms with Crippen LogP contribution >= 0.6 is 24.0 Å². The Hall–Kier alpha value is -1.86. The van der Waals surface area contributed by atoms with Crippen molar-refractivity contribution in [2.45, 2.75) is 39.0 Å². The number of carbonyl (C=O) groups excluding carboxylic acids is 2. The molecule has 0 unspecified atom stereocenters. The van der Waals surface area contributed by atoms with Crippen LogP contribution in [0, 0.1) is 0 Å². The van der Waals surface area contributed by atoms with Crippen molar-refractivity contribution in [3.63, 3.8) is 0 Å². The molecule has 0 radical (unpaired) electrons. The van der Waals surface area contributed by atoms with Gasteiger partial charge in [-0.05, 0) is 36.6 Å². The molecule has 0 atom stereocenters. The van der Waals surface area contributed by atoms with Crippen molar-refractivity contribution < 1.29 is 19.1 Å². The van der Waals surface area contributed by atoms with Gasteiger partial charge >= 0.3 is 5.97 Å². The van der Waals surface area contributed by atoms with Crippen molar-refractivity contribution >= 4 is 46.3 Å². The largest absolute Gasteiger partial charge is 0.497 e. The van der Waals surface area contributed by atoms with Gasteiger partial charge in [-0.25, -0.2) is 0 Å². The van der Waals surface area contributed by atoms with Crippen LogP contribution in [0.1, 0.15) is 44.6 Å². The number of benzene rings is 1. The summed E-state index contributed by atoms with van der Waals surface area (Å²) in [7, 11) is 1.60. The number of thioether (sulfide) groups is 1. The van der Waals surface area contributed by atoms with Gasteiger partial charge in [0.15, 0.2) is 0 Å². The Morgan fingerprint density at radius 3 is 2.85 bits per heavy atom. The van der Waals surface area contributed by atoms with Gasteiger partial charge in [0.2, 0.25) is 0 Å². The van der Waals surface area contributed by atoms with Crippen LogP contribution in [0.15, 0.2) is 29.2 Å². The van der Waals surface area contributed by atoms with E-state index in [4.69, 9.17) is 21.7 Å². The van der Waals surface area contributed by atoms with Gasteiger partial charge in [-0.1, -0.05) is 55.9 Å². The highest BCUT2D eigenvalue weighted by molar-refractivity contribution is 8.26. The van der Waals surface area contributed by atoms with Gasteiger partial charge in [0.05, 0.1) is 18.6 Å². The molecule has 1 aliphatic rings. The second-order valence-electron chi connectivity index (χ2n) is 6.14. The number of thiocarbonyl (C=S) groups is 1. The zero-order chi connectivity index (χ0) is 19.6. The molecule has 1 aromatic rings. The lowest BCUT2D eigenvalue weighted by atomic mass is 10.2. The zero-order valence-electron chi connectivity index (χ0n) is 15.7. The molecule has 27 heavy (non-hydrogen) atoms. The standard InChI is InChI=1S/C20H25NO4S2/c1-3-4-5-12-25-18(22)10-7-11-21-19(23)17(27-20(21)26)14-15-8-6-9-16(13-15)24-2/h6,8-9,13-14H,3-5,7,10-12H2,1-2H3/b17-14-. The SMILES string of the molecule is CCCCCOC(=O)CCCN1C(=O)/C(=C/c2cccc(OC)c2)SC1=S. The number of hydrogen-bond donors (Lipinski definition) is 0. The predicted octanol–water partition coefficient (Wildman–Crippen LogP) is 4.41. The molecule has 2 rings (SSSR count). The fraction of sp³-hybridized carbons (Fsp3) is 0.450. The molecule has 0 spiro atoms. The second kappa shape index (κ2) is 11.1. The van der Waals surface area contributed by atoms with Gasteiger partial charge in [-0.3, -0.25) is 14.5 Å². The third-order valence-corrected chi connectivity index (χ3v) is 5.42. The van der Waals surface area contributed by atoms with E-state index in [0.29, 0.717) is 28.8 Å². The number of carbonyl (C=O) groups is 2. The molecule has 1 fully saturated rings. The van der Waals surface area contributed by atoms with Crippen LogP contribution in [-0.4, -0.2) is 41.4 Å². The first-order chi connectivity index (χ1) is 13.0. The van der Waals surface area contributed by atoms with E-state index in [1.807, 2.05) is 30.3 Å². The van der Waals surface area contributed by atoms with Crippen LogP contribution in [0.3, 0.4) is 0 Å². The lowest BCUT2D eigenvalue weighted by Gasteiger charge is -2.13. The molecule has 1 amide bonds. The third-order valence-electron chi connectivity index (χ3n) is 4.04. The monoisotopic (exact) mass is 407 g/mol. The lowest BCUT2D eigenvalue weighted by molar-refractivity contribution is -0.144. The number of methoxy groups -OCH3 is 1. The molecule has 0 aliphatic carbocycles. The quantitative estimate of drug-likeness (QED) is 0.248. The molecule has 146 valence electrons. The molecule has 0 N–H and O–H groups in total. The summed E-state index contributed by atoms with van der Waals surface area (Å²) in [5.41, 5.74) is 0.880. The lowest BCUT2D eigenvalue weighted by Crippen LogP contribution is -2.29. The number of unbranched alkanes of at least 4 members (excludes halogenated alkanes) is 2. The Kier molecular flexibility index (Phi) is 8.81. The number of nitrogens with zero attached hydrogens (tertiary/aromatic N) is 1. The topological polar surface area (TPSA) is 55.8 Å². The molecule has 7 heteroatoms. The normalized spacial score (nSPS) is 15.5. The van der Waals surface area contributed by atoms with Crippen molar-refractivity contribution in [1.82, 2.24) is 4.90 Å². The molecular formula is C20H25NO4S2. The van der Waals surface area contributed by atoms with Crippen molar-refractivity contribution in [1.29, 1.82) is 0 Å². The Bertz CT molecular complexity index is 718.